The van der Waals surface area contributed by atoms with Crippen molar-refractivity contribution in [1.29, 1.82) is 0 Å². The van der Waals surface area contributed by atoms with E-state index in [1.807, 2.05) is 51.7 Å². The molecule has 0 spiro atoms. The third kappa shape index (κ3) is 7.86. The molecule has 206 valence electrons. The van der Waals surface area contributed by atoms with Crippen molar-refractivity contribution >= 4 is 29.5 Å². The molecule has 0 aliphatic carbocycles. The molecular formula is C29H44ClN3O4. The Morgan fingerprint density at radius 3 is 2.27 bits per heavy atom. The lowest BCUT2D eigenvalue weighted by atomic mass is 9.70. The first-order chi connectivity index (χ1) is 17.2. The maximum Gasteiger partial charge on any atom is 0.410 e. The first kappa shape index (κ1) is 29.3. The maximum absolute atomic E-state index is 13.6. The number of piperidine rings is 1. The van der Waals surface area contributed by atoms with E-state index >= 15 is 0 Å². The van der Waals surface area contributed by atoms with Crippen molar-refractivity contribution in [2.45, 2.75) is 85.3 Å². The second kappa shape index (κ2) is 11.6. The Morgan fingerprint density at radius 1 is 1.08 bits per heavy atom. The lowest BCUT2D eigenvalue weighted by Gasteiger charge is -2.45. The van der Waals surface area contributed by atoms with E-state index in [9.17, 15) is 14.4 Å². The van der Waals surface area contributed by atoms with Crippen LogP contribution < -0.4 is 5.32 Å². The molecule has 3 rings (SSSR count). The van der Waals surface area contributed by atoms with E-state index in [-0.39, 0.29) is 35.2 Å². The van der Waals surface area contributed by atoms with Gasteiger partial charge in [0.25, 0.3) is 0 Å². The number of hydrogen-bond donors (Lipinski definition) is 1. The molecule has 2 aliphatic heterocycles. The number of amides is 3. The van der Waals surface area contributed by atoms with Crippen molar-refractivity contribution in [3.63, 3.8) is 0 Å². The number of halogens is 1. The van der Waals surface area contributed by atoms with Gasteiger partial charge >= 0.3 is 6.09 Å². The van der Waals surface area contributed by atoms with Gasteiger partial charge in [-0.3, -0.25) is 9.59 Å². The number of benzene rings is 1. The second-order valence-electron chi connectivity index (χ2n) is 12.7. The highest BCUT2D eigenvalue weighted by atomic mass is 35.5. The Balaban J connectivity index is 1.57. The van der Waals surface area contributed by atoms with Gasteiger partial charge in [0.15, 0.2) is 0 Å². The number of nitrogens with zero attached hydrogens (tertiary/aromatic N) is 2. The molecule has 3 amide bonds. The fourth-order valence-electron chi connectivity index (χ4n) is 5.55. The Hall–Kier alpha value is -2.28. The first-order valence-electron chi connectivity index (χ1n) is 13.5. The predicted molar refractivity (Wildman–Crippen MR) is 146 cm³/mol. The Bertz CT molecular complexity index is 970. The van der Waals surface area contributed by atoms with Gasteiger partial charge in [-0.15, -0.1) is 0 Å². The highest BCUT2D eigenvalue weighted by Gasteiger charge is 2.41. The Morgan fingerprint density at radius 2 is 1.70 bits per heavy atom. The van der Waals surface area contributed by atoms with Crippen molar-refractivity contribution in [2.24, 2.45) is 17.3 Å². The van der Waals surface area contributed by atoms with E-state index in [1.54, 1.807) is 4.90 Å². The summed E-state index contributed by atoms with van der Waals surface area (Å²) >= 11 is 6.08. The molecule has 0 aromatic heterocycles. The van der Waals surface area contributed by atoms with Crippen LogP contribution in [0.4, 0.5) is 4.79 Å². The van der Waals surface area contributed by atoms with Crippen LogP contribution in [0.2, 0.25) is 5.02 Å². The minimum atomic E-state index is -0.571. The quantitative estimate of drug-likeness (QED) is 0.526. The molecule has 37 heavy (non-hydrogen) atoms. The molecule has 2 fully saturated rings. The van der Waals surface area contributed by atoms with Gasteiger partial charge < -0.3 is 19.9 Å². The molecule has 0 bridgehead atoms. The van der Waals surface area contributed by atoms with Gasteiger partial charge in [-0.1, -0.05) is 51.4 Å². The van der Waals surface area contributed by atoms with Crippen molar-refractivity contribution < 1.29 is 19.1 Å². The number of nitrogens with one attached hydrogen (secondary N) is 1. The summed E-state index contributed by atoms with van der Waals surface area (Å²) in [4.78, 5) is 42.5. The topological polar surface area (TPSA) is 79.0 Å². The first-order valence-corrected chi connectivity index (χ1v) is 13.9. The molecule has 1 aromatic rings. The Labute approximate surface area is 227 Å². The van der Waals surface area contributed by atoms with Gasteiger partial charge in [0.2, 0.25) is 11.8 Å². The fraction of sp³-hybridized carbons (Fsp3) is 0.690. The smallest absolute Gasteiger partial charge is 0.410 e. The standard InChI is InChI=1S/C29H44ClN3O4/c1-19(2)25(31-24(34)16-20-12-14-32(17-20)27(36)37-28(3,4)5)26(35)33-15-13-23(29(6,7)18-33)21-8-10-22(30)11-9-21/h8-11,19-20,23,25H,12-18H2,1-7H3,(H,31,34)/t20-,23?,25-/m1/s1. The summed E-state index contributed by atoms with van der Waals surface area (Å²) in [5.74, 6) is 0.197. The van der Waals surface area contributed by atoms with Crippen LogP contribution in [0, 0.1) is 17.3 Å². The third-order valence-corrected chi connectivity index (χ3v) is 7.73. The van der Waals surface area contributed by atoms with Crippen molar-refractivity contribution in [1.82, 2.24) is 15.1 Å². The van der Waals surface area contributed by atoms with Crippen LogP contribution in [-0.4, -0.2) is 65.5 Å². The average Bonchev–Trinajstić information content (AvgIpc) is 3.24. The summed E-state index contributed by atoms with van der Waals surface area (Å²) in [7, 11) is 0. The van der Waals surface area contributed by atoms with Crippen LogP contribution in [0.5, 0.6) is 0 Å². The minimum absolute atomic E-state index is 0.0206. The van der Waals surface area contributed by atoms with Gasteiger partial charge in [-0.2, -0.15) is 0 Å². The normalized spacial score (nSPS) is 22.6. The van der Waals surface area contributed by atoms with Gasteiger partial charge in [0.05, 0.1) is 0 Å². The van der Waals surface area contributed by atoms with Crippen molar-refractivity contribution in [3.05, 3.63) is 34.9 Å². The van der Waals surface area contributed by atoms with Crippen LogP contribution in [0.3, 0.4) is 0 Å². The van der Waals surface area contributed by atoms with Gasteiger partial charge in [0.1, 0.15) is 11.6 Å². The highest BCUT2D eigenvalue weighted by molar-refractivity contribution is 6.30. The summed E-state index contributed by atoms with van der Waals surface area (Å²) < 4.78 is 5.46. The SMILES string of the molecule is CC(C)[C@@H](NC(=O)C[C@H]1CCN(C(=O)OC(C)(C)C)C1)C(=O)N1CCC(c2ccc(Cl)cc2)C(C)(C)C1. The molecule has 8 heteroatoms. The lowest BCUT2D eigenvalue weighted by Crippen LogP contribution is -2.56. The predicted octanol–water partition coefficient (Wildman–Crippen LogP) is 5.47. The van der Waals surface area contributed by atoms with Crippen LogP contribution in [-0.2, 0) is 14.3 Å². The van der Waals surface area contributed by atoms with E-state index in [2.05, 4.69) is 31.3 Å². The average molecular weight is 534 g/mol. The van der Waals surface area contributed by atoms with Crippen LogP contribution in [0.25, 0.3) is 0 Å². The van der Waals surface area contributed by atoms with Gasteiger partial charge in [-0.25, -0.2) is 4.79 Å². The maximum atomic E-state index is 13.6. The summed E-state index contributed by atoms with van der Waals surface area (Å²) in [6, 6.07) is 7.43. The number of carbonyl (C=O) groups excluding carboxylic acids is 3. The van der Waals surface area contributed by atoms with Crippen LogP contribution >= 0.6 is 11.6 Å². The van der Waals surface area contributed by atoms with Crippen LogP contribution in [0.15, 0.2) is 24.3 Å². The Kier molecular flexibility index (Phi) is 9.20. The van der Waals surface area contributed by atoms with Crippen LogP contribution in [0.1, 0.15) is 79.2 Å². The molecule has 0 radical (unpaired) electrons. The third-order valence-electron chi connectivity index (χ3n) is 7.47. The molecule has 1 N–H and O–H groups in total. The summed E-state index contributed by atoms with van der Waals surface area (Å²) in [5, 5.41) is 3.74. The fourth-order valence-corrected chi connectivity index (χ4v) is 5.68. The molecule has 2 saturated heterocycles. The molecule has 7 nitrogen and oxygen atoms in total. The largest absolute Gasteiger partial charge is 0.444 e. The molecule has 1 aromatic carbocycles. The van der Waals surface area contributed by atoms with E-state index in [1.165, 1.54) is 5.56 Å². The molecule has 3 atom stereocenters. The zero-order chi connectivity index (χ0) is 27.5. The van der Waals surface area contributed by atoms with E-state index in [0.717, 1.165) is 17.9 Å². The highest BCUT2D eigenvalue weighted by Crippen LogP contribution is 2.42. The number of ether oxygens (including phenoxy) is 1. The molecule has 1 unspecified atom stereocenters. The van der Waals surface area contributed by atoms with E-state index in [4.69, 9.17) is 16.3 Å². The monoisotopic (exact) mass is 533 g/mol. The summed E-state index contributed by atoms with van der Waals surface area (Å²) in [6.45, 7) is 16.2. The summed E-state index contributed by atoms with van der Waals surface area (Å²) in [6.07, 6.45) is 1.57. The zero-order valence-corrected chi connectivity index (χ0v) is 24.2. The number of hydrogen-bond acceptors (Lipinski definition) is 4. The lowest BCUT2D eigenvalue weighted by molar-refractivity contribution is -0.140. The number of rotatable bonds is 6. The number of likely N-dealkylation sites (tertiary alicyclic amines) is 2. The number of carbonyl (C=O) groups is 3. The zero-order valence-electron chi connectivity index (χ0n) is 23.5. The van der Waals surface area contributed by atoms with Gasteiger partial charge in [-0.05, 0) is 74.5 Å². The van der Waals surface area contributed by atoms with E-state index in [0.29, 0.717) is 38.5 Å². The second-order valence-corrected chi connectivity index (χ2v) is 13.2. The van der Waals surface area contributed by atoms with Crippen molar-refractivity contribution in [2.75, 3.05) is 26.2 Å². The molecule has 2 aliphatic rings. The molecule has 0 saturated carbocycles. The molecular weight excluding hydrogens is 490 g/mol. The van der Waals surface area contributed by atoms with Crippen molar-refractivity contribution in [3.8, 4) is 0 Å². The minimum Gasteiger partial charge on any atom is -0.444 e. The summed E-state index contributed by atoms with van der Waals surface area (Å²) in [5.41, 5.74) is 0.588. The molecule has 2 heterocycles. The van der Waals surface area contributed by atoms with Gasteiger partial charge in [0, 0.05) is 37.6 Å². The van der Waals surface area contributed by atoms with E-state index < -0.39 is 11.6 Å².